The normalized spacial score (nSPS) is 11.1. The Kier molecular flexibility index (Phi) is 5.09. The van der Waals surface area contributed by atoms with Crippen molar-refractivity contribution >= 4 is 34.4 Å². The van der Waals surface area contributed by atoms with E-state index in [1.54, 1.807) is 13.3 Å². The number of thiocarbonyl (C=S) groups is 1. The quantitative estimate of drug-likeness (QED) is 0.341. The van der Waals surface area contributed by atoms with Crippen LogP contribution in [0.15, 0.2) is 29.4 Å². The fourth-order valence-corrected chi connectivity index (χ4v) is 2.08. The van der Waals surface area contributed by atoms with Crippen LogP contribution in [0.4, 0.5) is 0 Å². The summed E-state index contributed by atoms with van der Waals surface area (Å²) in [6.07, 6.45) is 1.78. The summed E-state index contributed by atoms with van der Waals surface area (Å²) in [6, 6.07) is 8.13. The molecule has 106 valence electrons. The Bertz CT molecular complexity index is 621. The van der Waals surface area contributed by atoms with E-state index < -0.39 is 0 Å². The van der Waals surface area contributed by atoms with Gasteiger partial charge in [0.25, 0.3) is 0 Å². The molecule has 1 aromatic carbocycles. The summed E-state index contributed by atoms with van der Waals surface area (Å²) in [7, 11) is 1.65. The Morgan fingerprint density at radius 3 is 3.05 bits per heavy atom. The van der Waals surface area contributed by atoms with E-state index in [4.69, 9.17) is 17.0 Å². The minimum atomic E-state index is 0.482. The summed E-state index contributed by atoms with van der Waals surface area (Å²) in [5.41, 5.74) is 6.04. The number of H-pyrrole nitrogens is 1. The third-order valence-electron chi connectivity index (χ3n) is 2.89. The lowest BCUT2D eigenvalue weighted by molar-refractivity contribution is 0.204. The second-order valence-corrected chi connectivity index (χ2v) is 4.74. The number of ether oxygens (including phenoxy) is 1. The van der Waals surface area contributed by atoms with Crippen LogP contribution in [-0.2, 0) is 4.74 Å². The summed E-state index contributed by atoms with van der Waals surface area (Å²) in [5.74, 6) is 0. The van der Waals surface area contributed by atoms with Crippen molar-refractivity contribution in [2.45, 2.75) is 6.92 Å². The highest BCUT2D eigenvalue weighted by Gasteiger charge is 2.04. The lowest BCUT2D eigenvalue weighted by Gasteiger charge is -2.05. The fraction of sp³-hybridized carbons (Fsp3) is 0.286. The summed E-state index contributed by atoms with van der Waals surface area (Å²) >= 11 is 5.09. The van der Waals surface area contributed by atoms with Gasteiger partial charge in [0.1, 0.15) is 0 Å². The molecule has 20 heavy (non-hydrogen) atoms. The number of aromatic nitrogens is 1. The number of nitrogens with zero attached hydrogens (tertiary/aromatic N) is 1. The van der Waals surface area contributed by atoms with Crippen LogP contribution >= 0.6 is 12.2 Å². The van der Waals surface area contributed by atoms with Gasteiger partial charge in [0.2, 0.25) is 0 Å². The molecule has 6 heteroatoms. The zero-order valence-electron chi connectivity index (χ0n) is 11.6. The van der Waals surface area contributed by atoms with Gasteiger partial charge in [-0.15, -0.1) is 0 Å². The number of rotatable bonds is 5. The highest BCUT2D eigenvalue weighted by molar-refractivity contribution is 7.80. The second kappa shape index (κ2) is 7.02. The fourth-order valence-electron chi connectivity index (χ4n) is 1.93. The first-order valence-electron chi connectivity index (χ1n) is 6.35. The predicted octanol–water partition coefficient (Wildman–Crippen LogP) is 1.92. The van der Waals surface area contributed by atoms with Crippen LogP contribution < -0.4 is 10.7 Å². The van der Waals surface area contributed by atoms with Crippen LogP contribution in [0, 0.1) is 6.92 Å². The first kappa shape index (κ1) is 14.5. The Labute approximate surface area is 123 Å². The number of para-hydroxylation sites is 1. The van der Waals surface area contributed by atoms with Crippen LogP contribution in [-0.4, -0.2) is 36.6 Å². The van der Waals surface area contributed by atoms with Crippen molar-refractivity contribution in [3.8, 4) is 0 Å². The van der Waals surface area contributed by atoms with E-state index in [9.17, 15) is 0 Å². The van der Waals surface area contributed by atoms with E-state index in [1.807, 2.05) is 25.1 Å². The predicted molar refractivity (Wildman–Crippen MR) is 86.2 cm³/mol. The maximum absolute atomic E-state index is 5.09. The molecular weight excluding hydrogens is 272 g/mol. The molecule has 0 amide bonds. The SMILES string of the molecule is COCCNC(=S)NN=Cc1c(C)[nH]c2ccccc12. The van der Waals surface area contributed by atoms with Crippen LogP contribution in [0.1, 0.15) is 11.3 Å². The Balaban J connectivity index is 1.99. The molecule has 0 saturated heterocycles. The lowest BCUT2D eigenvalue weighted by atomic mass is 10.1. The molecule has 0 bridgehead atoms. The highest BCUT2D eigenvalue weighted by atomic mass is 32.1. The molecule has 0 aliphatic rings. The molecule has 2 rings (SSSR count). The molecule has 2 aromatic rings. The van der Waals surface area contributed by atoms with Gasteiger partial charge in [-0.05, 0) is 25.2 Å². The smallest absolute Gasteiger partial charge is 0.187 e. The van der Waals surface area contributed by atoms with Crippen LogP contribution in [0.2, 0.25) is 0 Å². The van der Waals surface area contributed by atoms with Crippen molar-refractivity contribution in [2.24, 2.45) is 5.10 Å². The van der Waals surface area contributed by atoms with Crippen LogP contribution in [0.25, 0.3) is 10.9 Å². The molecular formula is C14H18N4OS. The molecule has 5 nitrogen and oxygen atoms in total. The molecule has 0 unspecified atom stereocenters. The molecule has 0 fully saturated rings. The molecule has 1 heterocycles. The summed E-state index contributed by atoms with van der Waals surface area (Å²) < 4.78 is 4.93. The molecule has 0 atom stereocenters. The van der Waals surface area contributed by atoms with Crippen molar-refractivity contribution in [1.29, 1.82) is 0 Å². The van der Waals surface area contributed by atoms with Gasteiger partial charge in [-0.1, -0.05) is 18.2 Å². The standard InChI is InChI=1S/C14H18N4OS/c1-10-12(11-5-3-4-6-13(11)17-10)9-16-18-14(20)15-7-8-19-2/h3-6,9,17H,7-8H2,1-2H3,(H2,15,18,20). The number of methoxy groups -OCH3 is 1. The molecule has 0 radical (unpaired) electrons. The van der Waals surface area contributed by atoms with Gasteiger partial charge < -0.3 is 15.0 Å². The minimum absolute atomic E-state index is 0.482. The number of aryl methyl sites for hydroxylation is 1. The Morgan fingerprint density at radius 2 is 2.25 bits per heavy atom. The van der Waals surface area contributed by atoms with Gasteiger partial charge in [0.05, 0.1) is 12.8 Å². The average Bonchev–Trinajstić information content (AvgIpc) is 2.75. The maximum atomic E-state index is 5.09. The number of nitrogens with one attached hydrogen (secondary N) is 3. The van der Waals surface area contributed by atoms with Gasteiger partial charge in [-0.25, -0.2) is 0 Å². The monoisotopic (exact) mass is 290 g/mol. The van der Waals surface area contributed by atoms with Crippen molar-refractivity contribution in [3.63, 3.8) is 0 Å². The second-order valence-electron chi connectivity index (χ2n) is 4.33. The van der Waals surface area contributed by atoms with E-state index >= 15 is 0 Å². The molecule has 0 aliphatic heterocycles. The number of fused-ring (bicyclic) bond motifs is 1. The third-order valence-corrected chi connectivity index (χ3v) is 3.13. The van der Waals surface area contributed by atoms with E-state index in [0.717, 1.165) is 22.2 Å². The van der Waals surface area contributed by atoms with Gasteiger partial charge in [-0.2, -0.15) is 5.10 Å². The van der Waals surface area contributed by atoms with Crippen molar-refractivity contribution in [3.05, 3.63) is 35.5 Å². The maximum Gasteiger partial charge on any atom is 0.187 e. The van der Waals surface area contributed by atoms with Crippen molar-refractivity contribution < 1.29 is 4.74 Å². The van der Waals surface area contributed by atoms with E-state index in [1.165, 1.54) is 0 Å². The number of hydrogen-bond acceptors (Lipinski definition) is 3. The Morgan fingerprint density at radius 1 is 1.45 bits per heavy atom. The van der Waals surface area contributed by atoms with Gasteiger partial charge in [0.15, 0.2) is 5.11 Å². The zero-order valence-corrected chi connectivity index (χ0v) is 12.4. The first-order chi connectivity index (χ1) is 9.72. The molecule has 0 aliphatic carbocycles. The minimum Gasteiger partial charge on any atom is -0.383 e. The average molecular weight is 290 g/mol. The number of benzene rings is 1. The van der Waals surface area contributed by atoms with E-state index in [2.05, 4.69) is 26.9 Å². The van der Waals surface area contributed by atoms with Crippen LogP contribution in [0.5, 0.6) is 0 Å². The van der Waals surface area contributed by atoms with Gasteiger partial charge in [0, 0.05) is 35.8 Å². The van der Waals surface area contributed by atoms with Crippen LogP contribution in [0.3, 0.4) is 0 Å². The largest absolute Gasteiger partial charge is 0.383 e. The van der Waals surface area contributed by atoms with Crippen molar-refractivity contribution in [2.75, 3.05) is 20.3 Å². The van der Waals surface area contributed by atoms with Gasteiger partial charge >= 0.3 is 0 Å². The summed E-state index contributed by atoms with van der Waals surface area (Å²) in [6.45, 7) is 3.29. The summed E-state index contributed by atoms with van der Waals surface area (Å²) in [5, 5.41) is 8.78. The Hall–Kier alpha value is -1.92. The number of hydrazone groups is 1. The number of aromatic amines is 1. The highest BCUT2D eigenvalue weighted by Crippen LogP contribution is 2.19. The van der Waals surface area contributed by atoms with Gasteiger partial charge in [-0.3, -0.25) is 5.43 Å². The third kappa shape index (κ3) is 3.55. The lowest BCUT2D eigenvalue weighted by Crippen LogP contribution is -2.34. The van der Waals surface area contributed by atoms with E-state index in [0.29, 0.717) is 18.3 Å². The summed E-state index contributed by atoms with van der Waals surface area (Å²) in [4.78, 5) is 3.32. The van der Waals surface area contributed by atoms with Crippen molar-refractivity contribution in [1.82, 2.24) is 15.7 Å². The zero-order chi connectivity index (χ0) is 14.4. The topological polar surface area (TPSA) is 61.4 Å². The molecule has 3 N–H and O–H groups in total. The first-order valence-corrected chi connectivity index (χ1v) is 6.76. The molecule has 0 saturated carbocycles. The van der Waals surface area contributed by atoms with E-state index in [-0.39, 0.29) is 0 Å². The molecule has 0 spiro atoms. The molecule has 1 aromatic heterocycles. The number of hydrogen-bond donors (Lipinski definition) is 3.